The van der Waals surface area contributed by atoms with Crippen LogP contribution in [0.1, 0.15) is 24.0 Å². The molecule has 5 heteroatoms. The lowest BCUT2D eigenvalue weighted by Crippen LogP contribution is -2.35. The molecule has 1 aliphatic rings. The minimum absolute atomic E-state index is 0.320. The average Bonchev–Trinajstić information content (AvgIpc) is 3.33. The van der Waals surface area contributed by atoms with Gasteiger partial charge in [-0.3, -0.25) is 9.59 Å². The second-order valence-corrected chi connectivity index (χ2v) is 6.30. The Morgan fingerprint density at radius 2 is 1.54 bits per heavy atom. The fourth-order valence-electron chi connectivity index (χ4n) is 2.57. The van der Waals surface area contributed by atoms with Gasteiger partial charge in [0.2, 0.25) is 11.8 Å². The number of nitrogens with one attached hydrogen (secondary N) is 2. The number of halogens is 1. The number of amides is 2. The first-order valence-electron chi connectivity index (χ1n) is 7.86. The maximum absolute atomic E-state index is 13.2. The Morgan fingerprint density at radius 1 is 0.917 bits per heavy atom. The topological polar surface area (TPSA) is 58.2 Å². The van der Waals surface area contributed by atoms with Crippen molar-refractivity contribution in [3.63, 3.8) is 0 Å². The molecule has 1 aliphatic carbocycles. The highest BCUT2D eigenvalue weighted by Crippen LogP contribution is 2.47. The monoisotopic (exact) mass is 326 g/mol. The van der Waals surface area contributed by atoms with Gasteiger partial charge in [0.15, 0.2) is 0 Å². The third kappa shape index (κ3) is 3.15. The molecule has 0 aliphatic heterocycles. The normalized spacial score (nSPS) is 14.8. The summed E-state index contributed by atoms with van der Waals surface area (Å²) in [6, 6.07) is 11.3. The van der Waals surface area contributed by atoms with Crippen molar-refractivity contribution in [1.29, 1.82) is 0 Å². The van der Waals surface area contributed by atoms with Crippen LogP contribution in [0.3, 0.4) is 0 Å². The molecule has 3 rings (SSSR count). The molecular weight excluding hydrogens is 307 g/mol. The zero-order chi connectivity index (χ0) is 17.3. The standard InChI is InChI=1S/C19H19FN2O2/c1-12-6-7-16(10-13(12)2)22-18(24)19(8-9-19)17(23)21-15-5-3-4-14(20)11-15/h3-7,10-11H,8-9H2,1-2H3,(H,21,23)(H,22,24). The molecule has 0 spiro atoms. The highest BCUT2D eigenvalue weighted by molar-refractivity contribution is 6.16. The second kappa shape index (κ2) is 6.07. The highest BCUT2D eigenvalue weighted by Gasteiger charge is 2.56. The van der Waals surface area contributed by atoms with E-state index in [-0.39, 0.29) is 5.91 Å². The molecule has 124 valence electrons. The van der Waals surface area contributed by atoms with Gasteiger partial charge in [-0.05, 0) is 68.1 Å². The molecule has 2 aromatic rings. The van der Waals surface area contributed by atoms with Crippen molar-refractivity contribution in [2.24, 2.45) is 5.41 Å². The first-order valence-corrected chi connectivity index (χ1v) is 7.86. The SMILES string of the molecule is Cc1ccc(NC(=O)C2(C(=O)Nc3cccc(F)c3)CC2)cc1C. The summed E-state index contributed by atoms with van der Waals surface area (Å²) in [4.78, 5) is 25.0. The lowest BCUT2D eigenvalue weighted by Gasteiger charge is -2.16. The second-order valence-electron chi connectivity index (χ2n) is 6.30. The summed E-state index contributed by atoms with van der Waals surface area (Å²) in [5.41, 5.74) is 2.17. The maximum Gasteiger partial charge on any atom is 0.240 e. The number of carbonyl (C=O) groups excluding carboxylic acids is 2. The molecule has 0 radical (unpaired) electrons. The first kappa shape index (κ1) is 16.2. The largest absolute Gasteiger partial charge is 0.325 e. The summed E-state index contributed by atoms with van der Waals surface area (Å²) >= 11 is 0. The van der Waals surface area contributed by atoms with Crippen molar-refractivity contribution in [3.8, 4) is 0 Å². The molecule has 4 nitrogen and oxygen atoms in total. The lowest BCUT2D eigenvalue weighted by molar-refractivity contribution is -0.131. The van der Waals surface area contributed by atoms with E-state index in [0.717, 1.165) is 11.1 Å². The van der Waals surface area contributed by atoms with Crippen LogP contribution in [-0.2, 0) is 9.59 Å². The third-order valence-electron chi connectivity index (χ3n) is 4.47. The number of anilines is 2. The number of benzene rings is 2. The van der Waals surface area contributed by atoms with Gasteiger partial charge in [0.1, 0.15) is 11.2 Å². The zero-order valence-corrected chi connectivity index (χ0v) is 13.7. The number of carbonyl (C=O) groups is 2. The molecule has 0 unspecified atom stereocenters. The van der Waals surface area contributed by atoms with Crippen molar-refractivity contribution in [1.82, 2.24) is 0 Å². The highest BCUT2D eigenvalue weighted by atomic mass is 19.1. The van der Waals surface area contributed by atoms with Gasteiger partial charge in [0.05, 0.1) is 0 Å². The maximum atomic E-state index is 13.2. The van der Waals surface area contributed by atoms with Gasteiger partial charge in [-0.1, -0.05) is 12.1 Å². The summed E-state index contributed by atoms with van der Waals surface area (Å²) in [6.07, 6.45) is 0.982. The Kier molecular flexibility index (Phi) is 4.09. The van der Waals surface area contributed by atoms with E-state index < -0.39 is 17.1 Å². The van der Waals surface area contributed by atoms with E-state index in [2.05, 4.69) is 10.6 Å². The van der Waals surface area contributed by atoms with E-state index in [1.165, 1.54) is 18.2 Å². The van der Waals surface area contributed by atoms with Crippen molar-refractivity contribution in [3.05, 3.63) is 59.4 Å². The van der Waals surface area contributed by atoms with Gasteiger partial charge in [-0.25, -0.2) is 4.39 Å². The molecule has 2 aromatic carbocycles. The molecular formula is C19H19FN2O2. The smallest absolute Gasteiger partial charge is 0.240 e. The number of aryl methyl sites for hydroxylation is 2. The summed E-state index contributed by atoms with van der Waals surface area (Å²) in [6.45, 7) is 3.96. The summed E-state index contributed by atoms with van der Waals surface area (Å²) in [7, 11) is 0. The van der Waals surface area contributed by atoms with E-state index in [1.54, 1.807) is 6.07 Å². The summed E-state index contributed by atoms with van der Waals surface area (Å²) < 4.78 is 13.2. The lowest BCUT2D eigenvalue weighted by atomic mass is 10.0. The van der Waals surface area contributed by atoms with Crippen LogP contribution in [0.15, 0.2) is 42.5 Å². The number of hydrogen-bond donors (Lipinski definition) is 2. The Labute approximate surface area is 140 Å². The minimum Gasteiger partial charge on any atom is -0.325 e. The Hall–Kier alpha value is -2.69. The van der Waals surface area contributed by atoms with Crippen molar-refractivity contribution >= 4 is 23.2 Å². The number of rotatable bonds is 4. The molecule has 1 fully saturated rings. The Bertz CT molecular complexity index is 813. The quantitative estimate of drug-likeness (QED) is 0.840. The van der Waals surface area contributed by atoms with Crippen LogP contribution in [0.2, 0.25) is 0 Å². The van der Waals surface area contributed by atoms with Gasteiger partial charge in [-0.2, -0.15) is 0 Å². The van der Waals surface area contributed by atoms with E-state index in [4.69, 9.17) is 0 Å². The van der Waals surface area contributed by atoms with E-state index in [0.29, 0.717) is 24.2 Å². The van der Waals surface area contributed by atoms with Crippen LogP contribution < -0.4 is 10.6 Å². The predicted octanol–water partition coefficient (Wildman–Crippen LogP) is 3.80. The molecule has 2 N–H and O–H groups in total. The first-order chi connectivity index (χ1) is 11.4. The van der Waals surface area contributed by atoms with Gasteiger partial charge in [0.25, 0.3) is 0 Å². The van der Waals surface area contributed by atoms with Crippen LogP contribution in [0.5, 0.6) is 0 Å². The minimum atomic E-state index is -1.06. The van der Waals surface area contributed by atoms with Crippen LogP contribution >= 0.6 is 0 Å². The van der Waals surface area contributed by atoms with Crippen molar-refractivity contribution in [2.75, 3.05) is 10.6 Å². The molecule has 2 amide bonds. The fourth-order valence-corrected chi connectivity index (χ4v) is 2.57. The van der Waals surface area contributed by atoms with Crippen LogP contribution in [0.25, 0.3) is 0 Å². The molecule has 0 heterocycles. The average molecular weight is 326 g/mol. The molecule has 1 saturated carbocycles. The van der Waals surface area contributed by atoms with Gasteiger partial charge < -0.3 is 10.6 Å². The molecule has 0 atom stereocenters. The van der Waals surface area contributed by atoms with Crippen molar-refractivity contribution < 1.29 is 14.0 Å². The van der Waals surface area contributed by atoms with Crippen LogP contribution in [0, 0.1) is 25.1 Å². The molecule has 0 saturated heterocycles. The van der Waals surface area contributed by atoms with Crippen LogP contribution in [-0.4, -0.2) is 11.8 Å². The van der Waals surface area contributed by atoms with Gasteiger partial charge in [-0.15, -0.1) is 0 Å². The van der Waals surface area contributed by atoms with Gasteiger partial charge in [0, 0.05) is 11.4 Å². The van der Waals surface area contributed by atoms with Gasteiger partial charge >= 0.3 is 0 Å². The fraction of sp³-hybridized carbons (Fsp3) is 0.263. The summed E-state index contributed by atoms with van der Waals surface area (Å²) in [5.74, 6) is -1.15. The van der Waals surface area contributed by atoms with Crippen molar-refractivity contribution in [2.45, 2.75) is 26.7 Å². The zero-order valence-electron chi connectivity index (χ0n) is 13.7. The van der Waals surface area contributed by atoms with E-state index in [9.17, 15) is 14.0 Å². The van der Waals surface area contributed by atoms with Crippen LogP contribution in [0.4, 0.5) is 15.8 Å². The third-order valence-corrected chi connectivity index (χ3v) is 4.47. The molecule has 24 heavy (non-hydrogen) atoms. The predicted molar refractivity (Wildman–Crippen MR) is 91.2 cm³/mol. The van der Waals surface area contributed by atoms with E-state index in [1.807, 2.05) is 32.0 Å². The Morgan fingerprint density at radius 3 is 2.08 bits per heavy atom. The molecule has 0 bridgehead atoms. The molecule has 0 aromatic heterocycles. The Balaban J connectivity index is 1.71. The van der Waals surface area contributed by atoms with E-state index >= 15 is 0 Å². The summed E-state index contributed by atoms with van der Waals surface area (Å²) in [5, 5.41) is 5.45. The number of hydrogen-bond acceptors (Lipinski definition) is 2.